The molecule has 0 bridgehead atoms. The first-order valence-electron chi connectivity index (χ1n) is 10.3. The molecule has 3 aromatic carbocycles. The number of carbonyl (C=O) groups is 2. The maximum Gasteiger partial charge on any atom is 0.248 e. The van der Waals surface area contributed by atoms with E-state index >= 15 is 0 Å². The largest absolute Gasteiger partial charge is 0.490 e. The van der Waals surface area contributed by atoms with E-state index in [1.165, 1.54) is 13.0 Å². The van der Waals surface area contributed by atoms with Crippen LogP contribution in [0.25, 0.3) is 6.08 Å². The van der Waals surface area contributed by atoms with Gasteiger partial charge in [-0.1, -0.05) is 41.9 Å². The Kier molecular flexibility index (Phi) is 8.69. The van der Waals surface area contributed by atoms with Crippen LogP contribution in [0.15, 0.2) is 71.2 Å². The van der Waals surface area contributed by atoms with Gasteiger partial charge in [-0.2, -0.15) is 0 Å². The molecule has 0 aliphatic heterocycles. The first-order chi connectivity index (χ1) is 15.9. The van der Waals surface area contributed by atoms with Crippen molar-refractivity contribution >= 4 is 51.0 Å². The summed E-state index contributed by atoms with van der Waals surface area (Å²) >= 11 is 9.76. The average Bonchev–Trinajstić information content (AvgIpc) is 2.78. The van der Waals surface area contributed by atoms with Crippen LogP contribution in [0, 0.1) is 0 Å². The summed E-state index contributed by atoms with van der Waals surface area (Å²) in [7, 11) is 0. The molecule has 0 unspecified atom stereocenters. The van der Waals surface area contributed by atoms with Crippen molar-refractivity contribution in [3.63, 3.8) is 0 Å². The maximum atomic E-state index is 12.4. The molecular formula is C26H23BrClNO4. The number of halogens is 2. The highest BCUT2D eigenvalue weighted by molar-refractivity contribution is 9.10. The molecule has 0 saturated carbocycles. The molecule has 0 fully saturated rings. The minimum Gasteiger partial charge on any atom is -0.490 e. The monoisotopic (exact) mass is 527 g/mol. The van der Waals surface area contributed by atoms with Crippen LogP contribution in [0.5, 0.6) is 11.5 Å². The van der Waals surface area contributed by atoms with E-state index in [2.05, 4.69) is 21.2 Å². The fraction of sp³-hybridized carbons (Fsp3) is 0.154. The average molecular weight is 529 g/mol. The predicted octanol–water partition coefficient (Wildman–Crippen LogP) is 6.93. The standard InChI is InChI=1S/C26H23BrClNO4/c1-3-32-24-14-18(11-12-25(31)29-21-9-6-8-19(15-21)17(2)30)13-22(27)26(24)33-16-20-7-4-5-10-23(20)28/h4-15H,3,16H2,1-2H3,(H,29,31)/b12-11+. The molecule has 0 spiro atoms. The van der Waals surface area contributed by atoms with E-state index in [4.69, 9.17) is 21.1 Å². The summed E-state index contributed by atoms with van der Waals surface area (Å²) in [5, 5.41) is 3.39. The van der Waals surface area contributed by atoms with Crippen molar-refractivity contribution in [2.45, 2.75) is 20.5 Å². The van der Waals surface area contributed by atoms with Crippen molar-refractivity contribution in [3.05, 3.63) is 92.9 Å². The smallest absolute Gasteiger partial charge is 0.248 e. The summed E-state index contributed by atoms with van der Waals surface area (Å²) < 4.78 is 12.4. The van der Waals surface area contributed by atoms with Gasteiger partial charge in [-0.25, -0.2) is 0 Å². The van der Waals surface area contributed by atoms with Gasteiger partial charge < -0.3 is 14.8 Å². The predicted molar refractivity (Wildman–Crippen MR) is 135 cm³/mol. The van der Waals surface area contributed by atoms with Crippen LogP contribution in [0.2, 0.25) is 5.02 Å². The fourth-order valence-corrected chi connectivity index (χ4v) is 3.79. The Hall–Kier alpha value is -3.09. The van der Waals surface area contributed by atoms with Crippen LogP contribution in [-0.4, -0.2) is 18.3 Å². The van der Waals surface area contributed by atoms with Gasteiger partial charge in [0.25, 0.3) is 0 Å². The third-order valence-electron chi connectivity index (χ3n) is 4.63. The molecular weight excluding hydrogens is 506 g/mol. The Bertz CT molecular complexity index is 1190. The highest BCUT2D eigenvalue weighted by Crippen LogP contribution is 2.38. The molecule has 3 aromatic rings. The number of anilines is 1. The molecule has 7 heteroatoms. The summed E-state index contributed by atoms with van der Waals surface area (Å²) in [4.78, 5) is 23.9. The molecule has 0 atom stereocenters. The summed E-state index contributed by atoms with van der Waals surface area (Å²) in [6, 6.07) is 17.9. The number of ketones is 1. The van der Waals surface area contributed by atoms with Gasteiger partial charge >= 0.3 is 0 Å². The topological polar surface area (TPSA) is 64.6 Å². The number of hydrogen-bond acceptors (Lipinski definition) is 4. The van der Waals surface area contributed by atoms with Crippen molar-refractivity contribution in [1.82, 2.24) is 0 Å². The van der Waals surface area contributed by atoms with Gasteiger partial charge in [-0.15, -0.1) is 0 Å². The van der Waals surface area contributed by atoms with E-state index in [9.17, 15) is 9.59 Å². The number of benzene rings is 3. The van der Waals surface area contributed by atoms with Crippen molar-refractivity contribution in [3.8, 4) is 11.5 Å². The molecule has 0 saturated heterocycles. The normalized spacial score (nSPS) is 10.8. The zero-order valence-corrected chi connectivity index (χ0v) is 20.6. The molecule has 1 N–H and O–H groups in total. The number of amides is 1. The molecule has 5 nitrogen and oxygen atoms in total. The van der Waals surface area contributed by atoms with Crippen LogP contribution in [0.3, 0.4) is 0 Å². The second-order valence-corrected chi connectivity index (χ2v) is 8.36. The lowest BCUT2D eigenvalue weighted by molar-refractivity contribution is -0.111. The second-order valence-electron chi connectivity index (χ2n) is 7.10. The van der Waals surface area contributed by atoms with E-state index in [1.807, 2.05) is 37.3 Å². The van der Waals surface area contributed by atoms with Crippen LogP contribution in [0.4, 0.5) is 5.69 Å². The SMILES string of the molecule is CCOc1cc(/C=C/C(=O)Nc2cccc(C(C)=O)c2)cc(Br)c1OCc1ccccc1Cl. The maximum absolute atomic E-state index is 12.4. The first-order valence-corrected chi connectivity index (χ1v) is 11.5. The van der Waals surface area contributed by atoms with Gasteiger partial charge in [0.15, 0.2) is 17.3 Å². The number of carbonyl (C=O) groups excluding carboxylic acids is 2. The minimum atomic E-state index is -0.316. The lowest BCUT2D eigenvalue weighted by atomic mass is 10.1. The number of hydrogen-bond donors (Lipinski definition) is 1. The Balaban J connectivity index is 1.74. The third-order valence-corrected chi connectivity index (χ3v) is 5.58. The Morgan fingerprint density at radius 3 is 2.58 bits per heavy atom. The third kappa shape index (κ3) is 6.94. The molecule has 170 valence electrons. The summed E-state index contributed by atoms with van der Waals surface area (Å²) in [6.45, 7) is 4.11. The Labute approximate surface area is 206 Å². The highest BCUT2D eigenvalue weighted by atomic mass is 79.9. The fourth-order valence-electron chi connectivity index (χ4n) is 3.02. The number of rotatable bonds is 9. The molecule has 0 aromatic heterocycles. The van der Waals surface area contributed by atoms with Crippen LogP contribution in [-0.2, 0) is 11.4 Å². The quantitative estimate of drug-likeness (QED) is 0.241. The van der Waals surface area contributed by atoms with E-state index in [0.717, 1.165) is 11.1 Å². The zero-order valence-electron chi connectivity index (χ0n) is 18.2. The molecule has 0 aliphatic rings. The van der Waals surface area contributed by atoms with Crippen LogP contribution < -0.4 is 14.8 Å². The molecule has 0 heterocycles. The van der Waals surface area contributed by atoms with Gasteiger partial charge in [0.1, 0.15) is 6.61 Å². The van der Waals surface area contributed by atoms with Crippen molar-refractivity contribution in [2.75, 3.05) is 11.9 Å². The second kappa shape index (κ2) is 11.7. The zero-order chi connectivity index (χ0) is 23.8. The van der Waals surface area contributed by atoms with Crippen molar-refractivity contribution in [1.29, 1.82) is 0 Å². The lowest BCUT2D eigenvalue weighted by Crippen LogP contribution is -2.08. The first kappa shape index (κ1) is 24.6. The summed E-state index contributed by atoms with van der Waals surface area (Å²) in [5.74, 6) is 0.725. The number of ether oxygens (including phenoxy) is 2. The molecule has 1 amide bonds. The minimum absolute atomic E-state index is 0.0632. The molecule has 3 rings (SSSR count). The molecule has 33 heavy (non-hydrogen) atoms. The van der Waals surface area contributed by atoms with Crippen LogP contribution in [0.1, 0.15) is 35.3 Å². The summed E-state index contributed by atoms with van der Waals surface area (Å²) in [5.41, 5.74) is 2.71. The van der Waals surface area contributed by atoms with Gasteiger partial charge in [-0.05, 0) is 71.7 Å². The number of Topliss-reactive ketones (excluding diaryl/α,β-unsaturated/α-hetero) is 1. The van der Waals surface area contributed by atoms with E-state index < -0.39 is 0 Å². The van der Waals surface area contributed by atoms with Gasteiger partial charge in [0, 0.05) is 27.9 Å². The van der Waals surface area contributed by atoms with Crippen molar-refractivity contribution in [2.24, 2.45) is 0 Å². The van der Waals surface area contributed by atoms with E-state index in [-0.39, 0.29) is 18.3 Å². The Morgan fingerprint density at radius 1 is 1.06 bits per heavy atom. The lowest BCUT2D eigenvalue weighted by Gasteiger charge is -2.15. The van der Waals surface area contributed by atoms with Crippen molar-refractivity contribution < 1.29 is 19.1 Å². The van der Waals surface area contributed by atoms with E-state index in [1.54, 1.807) is 36.4 Å². The van der Waals surface area contributed by atoms with E-state index in [0.29, 0.717) is 38.9 Å². The molecule has 0 radical (unpaired) electrons. The highest BCUT2D eigenvalue weighted by Gasteiger charge is 2.13. The van der Waals surface area contributed by atoms with Gasteiger partial charge in [0.2, 0.25) is 5.91 Å². The van der Waals surface area contributed by atoms with Gasteiger partial charge in [-0.3, -0.25) is 9.59 Å². The van der Waals surface area contributed by atoms with Crippen LogP contribution >= 0.6 is 27.5 Å². The molecule has 0 aliphatic carbocycles. The number of nitrogens with one attached hydrogen (secondary N) is 1. The Morgan fingerprint density at radius 2 is 1.85 bits per heavy atom. The summed E-state index contributed by atoms with van der Waals surface area (Å²) in [6.07, 6.45) is 3.09. The van der Waals surface area contributed by atoms with Gasteiger partial charge in [0.05, 0.1) is 11.1 Å².